The van der Waals surface area contributed by atoms with Gasteiger partial charge in [-0.2, -0.15) is 0 Å². The van der Waals surface area contributed by atoms with Crippen LogP contribution in [0.5, 0.6) is 5.75 Å². The molecule has 1 aromatic carbocycles. The number of ether oxygens (including phenoxy) is 2. The zero-order chi connectivity index (χ0) is 17.4. The first-order valence-electron chi connectivity index (χ1n) is 8.23. The number of benzene rings is 1. The monoisotopic (exact) mass is 333 g/mol. The fourth-order valence-corrected chi connectivity index (χ4v) is 2.85. The number of hydrogen-bond acceptors (Lipinski definition) is 5. The number of aliphatic hydroxyl groups is 1. The quantitative estimate of drug-likeness (QED) is 0.723. The zero-order valence-corrected chi connectivity index (χ0v) is 14.7. The van der Waals surface area contributed by atoms with Crippen molar-refractivity contribution in [2.24, 2.45) is 0 Å². The first kappa shape index (κ1) is 18.5. The summed E-state index contributed by atoms with van der Waals surface area (Å²) in [6.07, 6.45) is 2.55. The summed E-state index contributed by atoms with van der Waals surface area (Å²) in [4.78, 5) is 2.23. The molecular formula is C19H27NO4. The Balaban J connectivity index is 2.19. The van der Waals surface area contributed by atoms with E-state index >= 15 is 0 Å². The number of furan rings is 1. The lowest BCUT2D eigenvalue weighted by atomic mass is 10.1. The van der Waals surface area contributed by atoms with Crippen molar-refractivity contribution >= 4 is 0 Å². The summed E-state index contributed by atoms with van der Waals surface area (Å²) in [5.74, 6) is 1.72. The van der Waals surface area contributed by atoms with Gasteiger partial charge in [0.05, 0.1) is 33.1 Å². The van der Waals surface area contributed by atoms with Gasteiger partial charge in [0.2, 0.25) is 0 Å². The molecular weight excluding hydrogens is 306 g/mol. The minimum Gasteiger partial charge on any atom is -0.496 e. The Morgan fingerprint density at radius 1 is 1.21 bits per heavy atom. The maximum atomic E-state index is 9.71. The largest absolute Gasteiger partial charge is 0.496 e. The number of nitrogens with zero attached hydrogens (tertiary/aromatic N) is 1. The molecule has 0 aliphatic rings. The lowest BCUT2D eigenvalue weighted by Gasteiger charge is -2.29. The highest BCUT2D eigenvalue weighted by atomic mass is 16.5. The molecule has 1 unspecified atom stereocenters. The molecule has 0 spiro atoms. The summed E-state index contributed by atoms with van der Waals surface area (Å²) in [7, 11) is 3.34. The third-order valence-electron chi connectivity index (χ3n) is 4.17. The SMILES string of the molecule is CCC(CO)N(Cc1ccc(OC)c(COC)c1)Cc1ccco1. The van der Waals surface area contributed by atoms with Gasteiger partial charge < -0.3 is 19.0 Å². The summed E-state index contributed by atoms with van der Waals surface area (Å²) >= 11 is 0. The Morgan fingerprint density at radius 3 is 2.62 bits per heavy atom. The van der Waals surface area contributed by atoms with Gasteiger partial charge in [-0.05, 0) is 36.2 Å². The normalized spacial score (nSPS) is 12.5. The van der Waals surface area contributed by atoms with Crippen LogP contribution < -0.4 is 4.74 Å². The van der Waals surface area contributed by atoms with Gasteiger partial charge in [-0.25, -0.2) is 0 Å². The summed E-state index contributed by atoms with van der Waals surface area (Å²) in [5.41, 5.74) is 2.17. The van der Waals surface area contributed by atoms with Crippen molar-refractivity contribution in [3.63, 3.8) is 0 Å². The van der Waals surface area contributed by atoms with Gasteiger partial charge in [-0.1, -0.05) is 13.0 Å². The van der Waals surface area contributed by atoms with Gasteiger partial charge in [0, 0.05) is 25.3 Å². The third kappa shape index (κ3) is 4.84. The molecule has 2 rings (SSSR count). The van der Waals surface area contributed by atoms with Gasteiger partial charge in [0.1, 0.15) is 11.5 Å². The van der Waals surface area contributed by atoms with Crippen molar-refractivity contribution in [1.82, 2.24) is 4.90 Å². The highest BCUT2D eigenvalue weighted by Crippen LogP contribution is 2.23. The van der Waals surface area contributed by atoms with E-state index in [2.05, 4.69) is 24.0 Å². The molecule has 1 aromatic heterocycles. The fourth-order valence-electron chi connectivity index (χ4n) is 2.85. The highest BCUT2D eigenvalue weighted by Gasteiger charge is 2.18. The molecule has 0 aliphatic carbocycles. The van der Waals surface area contributed by atoms with Crippen molar-refractivity contribution in [2.45, 2.75) is 39.1 Å². The van der Waals surface area contributed by atoms with Crippen LogP contribution in [0.15, 0.2) is 41.0 Å². The Kier molecular flexibility index (Phi) is 7.31. The maximum Gasteiger partial charge on any atom is 0.124 e. The Bertz CT molecular complexity index is 593. The Labute approximate surface area is 143 Å². The fraction of sp³-hybridized carbons (Fsp3) is 0.474. The molecule has 0 radical (unpaired) electrons. The van der Waals surface area contributed by atoms with E-state index in [4.69, 9.17) is 13.9 Å². The smallest absolute Gasteiger partial charge is 0.124 e. The molecule has 132 valence electrons. The lowest BCUT2D eigenvalue weighted by Crippen LogP contribution is -2.36. The molecule has 5 heteroatoms. The molecule has 1 N–H and O–H groups in total. The van der Waals surface area contributed by atoms with E-state index in [0.29, 0.717) is 13.2 Å². The molecule has 2 aromatic rings. The predicted molar refractivity (Wildman–Crippen MR) is 92.8 cm³/mol. The molecule has 0 amide bonds. The molecule has 24 heavy (non-hydrogen) atoms. The molecule has 5 nitrogen and oxygen atoms in total. The average molecular weight is 333 g/mol. The van der Waals surface area contributed by atoms with Crippen LogP contribution in [-0.2, 0) is 24.4 Å². The van der Waals surface area contributed by atoms with E-state index in [1.165, 1.54) is 0 Å². The molecule has 1 atom stereocenters. The van der Waals surface area contributed by atoms with E-state index in [0.717, 1.165) is 35.6 Å². The highest BCUT2D eigenvalue weighted by molar-refractivity contribution is 5.37. The molecule has 0 fully saturated rings. The summed E-state index contributed by atoms with van der Waals surface area (Å²) < 4.78 is 16.1. The van der Waals surface area contributed by atoms with Gasteiger partial charge in [-0.3, -0.25) is 4.90 Å². The van der Waals surface area contributed by atoms with Gasteiger partial charge in [-0.15, -0.1) is 0 Å². The van der Waals surface area contributed by atoms with Crippen LogP contribution in [0, 0.1) is 0 Å². The van der Waals surface area contributed by atoms with Crippen molar-refractivity contribution in [2.75, 3.05) is 20.8 Å². The topological polar surface area (TPSA) is 55.1 Å². The molecule has 1 heterocycles. The number of methoxy groups -OCH3 is 2. The van der Waals surface area contributed by atoms with Crippen LogP contribution >= 0.6 is 0 Å². The summed E-state index contributed by atoms with van der Waals surface area (Å²) in [6, 6.07) is 10.1. The second kappa shape index (κ2) is 9.47. The Hall–Kier alpha value is -1.82. The van der Waals surface area contributed by atoms with E-state index in [1.807, 2.05) is 18.2 Å². The summed E-state index contributed by atoms with van der Waals surface area (Å²) in [6.45, 7) is 4.10. The molecule has 0 saturated carbocycles. The van der Waals surface area contributed by atoms with Crippen molar-refractivity contribution in [3.05, 3.63) is 53.5 Å². The third-order valence-corrected chi connectivity index (χ3v) is 4.17. The second-order valence-electron chi connectivity index (χ2n) is 5.81. The average Bonchev–Trinajstić information content (AvgIpc) is 3.09. The van der Waals surface area contributed by atoms with Gasteiger partial charge >= 0.3 is 0 Å². The van der Waals surface area contributed by atoms with E-state index in [1.54, 1.807) is 20.5 Å². The first-order valence-corrected chi connectivity index (χ1v) is 8.23. The van der Waals surface area contributed by atoms with E-state index in [-0.39, 0.29) is 12.6 Å². The minimum atomic E-state index is 0.0862. The maximum absolute atomic E-state index is 9.71. The van der Waals surface area contributed by atoms with Crippen molar-refractivity contribution in [3.8, 4) is 5.75 Å². The molecule has 0 saturated heterocycles. The minimum absolute atomic E-state index is 0.0862. The zero-order valence-electron chi connectivity index (χ0n) is 14.7. The lowest BCUT2D eigenvalue weighted by molar-refractivity contribution is 0.0997. The van der Waals surface area contributed by atoms with Crippen molar-refractivity contribution in [1.29, 1.82) is 0 Å². The standard InChI is InChI=1S/C19H27NO4/c1-4-17(13-21)20(12-18-6-5-9-24-18)11-15-7-8-19(23-3)16(10-15)14-22-2/h5-10,17,21H,4,11-14H2,1-3H3. The second-order valence-corrected chi connectivity index (χ2v) is 5.81. The van der Waals surface area contributed by atoms with Crippen LogP contribution in [0.3, 0.4) is 0 Å². The van der Waals surface area contributed by atoms with Crippen LogP contribution in [-0.4, -0.2) is 36.9 Å². The molecule has 0 bridgehead atoms. The summed E-state index contributed by atoms with van der Waals surface area (Å²) in [5, 5.41) is 9.71. The molecule has 0 aliphatic heterocycles. The van der Waals surface area contributed by atoms with Crippen LogP contribution in [0.25, 0.3) is 0 Å². The predicted octanol–water partition coefficient (Wildman–Crippen LogP) is 3.21. The van der Waals surface area contributed by atoms with E-state index in [9.17, 15) is 5.11 Å². The van der Waals surface area contributed by atoms with Crippen LogP contribution in [0.4, 0.5) is 0 Å². The Morgan fingerprint density at radius 2 is 2.04 bits per heavy atom. The van der Waals surface area contributed by atoms with Crippen molar-refractivity contribution < 1.29 is 19.0 Å². The first-order chi connectivity index (χ1) is 11.7. The van der Waals surface area contributed by atoms with Crippen LogP contribution in [0.1, 0.15) is 30.2 Å². The van der Waals surface area contributed by atoms with E-state index < -0.39 is 0 Å². The van der Waals surface area contributed by atoms with Gasteiger partial charge in [0.15, 0.2) is 0 Å². The van der Waals surface area contributed by atoms with Crippen LogP contribution in [0.2, 0.25) is 0 Å². The number of hydrogen-bond donors (Lipinski definition) is 1. The van der Waals surface area contributed by atoms with Gasteiger partial charge in [0.25, 0.3) is 0 Å². The number of rotatable bonds is 10. The number of aliphatic hydroxyl groups excluding tert-OH is 1.